The molecular formula is C14H15BrN2O3S. The summed E-state index contributed by atoms with van der Waals surface area (Å²) < 4.78 is 33.4. The molecule has 1 N–H and O–H groups in total. The van der Waals surface area contributed by atoms with E-state index >= 15 is 0 Å². The Morgan fingerprint density at radius 1 is 1.19 bits per heavy atom. The maximum Gasteiger partial charge on any atom is 0.263 e. The predicted octanol–water partition coefficient (Wildman–Crippen LogP) is 3.43. The summed E-state index contributed by atoms with van der Waals surface area (Å²) in [5.41, 5.74) is 0.307. The minimum atomic E-state index is -3.72. The second-order valence-corrected chi connectivity index (χ2v) is 7.06. The number of hydrogen-bond donors (Lipinski definition) is 1. The standard InChI is InChI=1S/C14H15BrN2O3S/c1-10(2)20-14-12(7-5-9-16-14)17-21(18,19)13-8-4-3-6-11(13)15/h3-10,17H,1-2H3. The van der Waals surface area contributed by atoms with Crippen molar-refractivity contribution < 1.29 is 13.2 Å². The van der Waals surface area contributed by atoms with Gasteiger partial charge in [-0.3, -0.25) is 4.72 Å². The van der Waals surface area contributed by atoms with E-state index in [9.17, 15) is 8.42 Å². The third kappa shape index (κ3) is 3.95. The van der Waals surface area contributed by atoms with Gasteiger partial charge in [0.15, 0.2) is 0 Å². The molecule has 2 aromatic rings. The normalized spacial score (nSPS) is 11.4. The smallest absolute Gasteiger partial charge is 0.263 e. The number of anilines is 1. The van der Waals surface area contributed by atoms with E-state index in [0.717, 1.165) is 0 Å². The van der Waals surface area contributed by atoms with Gasteiger partial charge in [0, 0.05) is 10.7 Å². The number of aromatic nitrogens is 1. The fraction of sp³-hybridized carbons (Fsp3) is 0.214. The van der Waals surface area contributed by atoms with Gasteiger partial charge in [0.25, 0.3) is 10.0 Å². The molecule has 21 heavy (non-hydrogen) atoms. The van der Waals surface area contributed by atoms with E-state index in [1.54, 1.807) is 36.5 Å². The Balaban J connectivity index is 2.36. The molecule has 0 radical (unpaired) electrons. The molecule has 0 saturated carbocycles. The zero-order chi connectivity index (χ0) is 15.5. The van der Waals surface area contributed by atoms with Crippen LogP contribution in [0.2, 0.25) is 0 Å². The number of nitrogens with zero attached hydrogens (tertiary/aromatic N) is 1. The second-order valence-electron chi connectivity index (χ2n) is 4.56. The second kappa shape index (κ2) is 6.44. The first-order valence-electron chi connectivity index (χ1n) is 6.29. The Morgan fingerprint density at radius 3 is 2.57 bits per heavy atom. The number of sulfonamides is 1. The molecule has 0 aliphatic carbocycles. The maximum absolute atomic E-state index is 12.4. The van der Waals surface area contributed by atoms with Crippen molar-refractivity contribution in [1.82, 2.24) is 4.98 Å². The van der Waals surface area contributed by atoms with Crippen molar-refractivity contribution in [3.05, 3.63) is 47.1 Å². The lowest BCUT2D eigenvalue weighted by Crippen LogP contribution is -2.16. The van der Waals surface area contributed by atoms with Crippen LogP contribution < -0.4 is 9.46 Å². The van der Waals surface area contributed by atoms with E-state index < -0.39 is 10.0 Å². The number of halogens is 1. The lowest BCUT2D eigenvalue weighted by atomic mass is 10.4. The lowest BCUT2D eigenvalue weighted by Gasteiger charge is -2.14. The Morgan fingerprint density at radius 2 is 1.90 bits per heavy atom. The third-order valence-corrected chi connectivity index (χ3v) is 4.87. The van der Waals surface area contributed by atoms with Crippen molar-refractivity contribution in [1.29, 1.82) is 0 Å². The molecule has 0 saturated heterocycles. The highest BCUT2D eigenvalue weighted by Gasteiger charge is 2.19. The van der Waals surface area contributed by atoms with Gasteiger partial charge in [0.05, 0.1) is 6.10 Å². The molecule has 1 aromatic heterocycles. The van der Waals surface area contributed by atoms with E-state index in [2.05, 4.69) is 25.6 Å². The average Bonchev–Trinajstić information content (AvgIpc) is 2.40. The van der Waals surface area contributed by atoms with Crippen LogP contribution in [0.3, 0.4) is 0 Å². The summed E-state index contributed by atoms with van der Waals surface area (Å²) >= 11 is 3.24. The van der Waals surface area contributed by atoms with Gasteiger partial charge < -0.3 is 4.74 Å². The molecule has 5 nitrogen and oxygen atoms in total. The van der Waals surface area contributed by atoms with E-state index in [4.69, 9.17) is 4.74 Å². The molecule has 0 amide bonds. The summed E-state index contributed by atoms with van der Waals surface area (Å²) in [6.45, 7) is 3.70. The van der Waals surface area contributed by atoms with Crippen LogP contribution in [0.4, 0.5) is 5.69 Å². The van der Waals surface area contributed by atoms with Crippen LogP contribution in [0.1, 0.15) is 13.8 Å². The highest BCUT2D eigenvalue weighted by Crippen LogP contribution is 2.27. The summed E-state index contributed by atoms with van der Waals surface area (Å²) in [6.07, 6.45) is 1.44. The van der Waals surface area contributed by atoms with Gasteiger partial charge in [-0.15, -0.1) is 0 Å². The number of ether oxygens (including phenoxy) is 1. The fourth-order valence-corrected chi connectivity index (χ4v) is 3.71. The van der Waals surface area contributed by atoms with Crippen molar-refractivity contribution in [2.24, 2.45) is 0 Å². The summed E-state index contributed by atoms with van der Waals surface area (Å²) in [7, 11) is -3.72. The summed E-state index contributed by atoms with van der Waals surface area (Å²) in [6, 6.07) is 9.86. The van der Waals surface area contributed by atoms with Gasteiger partial charge >= 0.3 is 0 Å². The Bertz CT molecular complexity index is 733. The van der Waals surface area contributed by atoms with Gasteiger partial charge in [0.1, 0.15) is 10.6 Å². The van der Waals surface area contributed by atoms with Crippen LogP contribution in [0.5, 0.6) is 5.88 Å². The first-order valence-corrected chi connectivity index (χ1v) is 8.57. The highest BCUT2D eigenvalue weighted by atomic mass is 79.9. The molecule has 2 rings (SSSR count). The minimum absolute atomic E-state index is 0.105. The Kier molecular flexibility index (Phi) is 4.84. The summed E-state index contributed by atoms with van der Waals surface area (Å²) in [5, 5.41) is 0. The average molecular weight is 371 g/mol. The van der Waals surface area contributed by atoms with Crippen LogP contribution >= 0.6 is 15.9 Å². The highest BCUT2D eigenvalue weighted by molar-refractivity contribution is 9.10. The largest absolute Gasteiger partial charge is 0.473 e. The molecule has 112 valence electrons. The molecule has 7 heteroatoms. The molecule has 0 bridgehead atoms. The van der Waals surface area contributed by atoms with Crippen LogP contribution in [0.25, 0.3) is 0 Å². The van der Waals surface area contributed by atoms with Gasteiger partial charge in [-0.2, -0.15) is 0 Å². The van der Waals surface area contributed by atoms with E-state index in [0.29, 0.717) is 10.2 Å². The summed E-state index contributed by atoms with van der Waals surface area (Å²) in [4.78, 5) is 4.22. The molecular weight excluding hydrogens is 356 g/mol. The van der Waals surface area contributed by atoms with E-state index in [1.807, 2.05) is 13.8 Å². The van der Waals surface area contributed by atoms with Crippen molar-refractivity contribution in [2.75, 3.05) is 4.72 Å². The van der Waals surface area contributed by atoms with Crippen molar-refractivity contribution >= 4 is 31.6 Å². The van der Waals surface area contributed by atoms with Crippen LogP contribution in [0, 0.1) is 0 Å². The fourth-order valence-electron chi connectivity index (χ4n) is 1.65. The zero-order valence-corrected chi connectivity index (χ0v) is 14.0. The molecule has 0 aliphatic heterocycles. The lowest BCUT2D eigenvalue weighted by molar-refractivity contribution is 0.234. The topological polar surface area (TPSA) is 68.3 Å². The number of pyridine rings is 1. The zero-order valence-electron chi connectivity index (χ0n) is 11.6. The van der Waals surface area contributed by atoms with E-state index in [1.165, 1.54) is 6.07 Å². The van der Waals surface area contributed by atoms with Gasteiger partial charge in [-0.05, 0) is 54.0 Å². The van der Waals surface area contributed by atoms with Crippen molar-refractivity contribution in [3.8, 4) is 5.88 Å². The molecule has 0 aliphatic rings. The predicted molar refractivity (Wildman–Crippen MR) is 85.0 cm³/mol. The van der Waals surface area contributed by atoms with Crippen molar-refractivity contribution in [3.63, 3.8) is 0 Å². The van der Waals surface area contributed by atoms with Gasteiger partial charge in [-0.1, -0.05) is 12.1 Å². The van der Waals surface area contributed by atoms with Crippen LogP contribution in [-0.4, -0.2) is 19.5 Å². The minimum Gasteiger partial charge on any atom is -0.473 e. The monoisotopic (exact) mass is 370 g/mol. The molecule has 0 atom stereocenters. The maximum atomic E-state index is 12.4. The van der Waals surface area contributed by atoms with Crippen LogP contribution in [-0.2, 0) is 10.0 Å². The molecule has 1 heterocycles. The molecule has 0 fully saturated rings. The molecule has 1 aromatic carbocycles. The first kappa shape index (κ1) is 15.8. The number of benzene rings is 1. The number of hydrogen-bond acceptors (Lipinski definition) is 4. The first-order chi connectivity index (χ1) is 9.90. The Hall–Kier alpha value is -1.60. The number of rotatable bonds is 5. The summed E-state index contributed by atoms with van der Waals surface area (Å²) in [5.74, 6) is 0.253. The third-order valence-electron chi connectivity index (χ3n) is 2.49. The molecule has 0 spiro atoms. The molecule has 0 unspecified atom stereocenters. The SMILES string of the molecule is CC(C)Oc1ncccc1NS(=O)(=O)c1ccccc1Br. The number of nitrogens with one attached hydrogen (secondary N) is 1. The van der Waals surface area contributed by atoms with Gasteiger partial charge in [0.2, 0.25) is 5.88 Å². The van der Waals surface area contributed by atoms with E-state index in [-0.39, 0.29) is 16.9 Å². The van der Waals surface area contributed by atoms with Gasteiger partial charge in [-0.25, -0.2) is 13.4 Å². The van der Waals surface area contributed by atoms with Crippen LogP contribution in [0.15, 0.2) is 52.0 Å². The Labute approximate surface area is 132 Å². The van der Waals surface area contributed by atoms with Crippen molar-refractivity contribution in [2.45, 2.75) is 24.8 Å². The quantitative estimate of drug-likeness (QED) is 0.875.